The Morgan fingerprint density at radius 1 is 1.67 bits per heavy atom. The highest BCUT2D eigenvalue weighted by atomic mass is 16.4. The number of nitrogens with one attached hydrogen (secondary N) is 1. The Morgan fingerprint density at radius 2 is 2.40 bits per heavy atom. The SMILES string of the molecule is N#CCNC(=O)Cn1ccc(C(=O)O)n1. The molecule has 7 heteroatoms. The second-order valence-electron chi connectivity index (χ2n) is 2.64. The zero-order valence-corrected chi connectivity index (χ0v) is 7.67. The van der Waals surface area contributed by atoms with E-state index in [0.29, 0.717) is 0 Å². The van der Waals surface area contributed by atoms with Crippen molar-refractivity contribution in [3.05, 3.63) is 18.0 Å². The number of nitrogens with zero attached hydrogens (tertiary/aromatic N) is 3. The number of aromatic carboxylic acids is 1. The van der Waals surface area contributed by atoms with Crippen molar-refractivity contribution in [2.45, 2.75) is 6.54 Å². The number of nitriles is 1. The van der Waals surface area contributed by atoms with E-state index in [-0.39, 0.29) is 18.8 Å². The first kappa shape index (κ1) is 10.7. The number of carboxylic acid groups (broad SMARTS) is 1. The van der Waals surface area contributed by atoms with Gasteiger partial charge in [0.05, 0.1) is 6.07 Å². The van der Waals surface area contributed by atoms with Gasteiger partial charge in [-0.1, -0.05) is 0 Å². The molecular formula is C8H8N4O3. The standard InChI is InChI=1S/C8H8N4O3/c9-2-3-10-7(13)5-12-4-1-6(11-12)8(14)15/h1,4H,3,5H2,(H,10,13)(H,14,15). The van der Waals surface area contributed by atoms with E-state index in [0.717, 1.165) is 0 Å². The molecule has 0 saturated carbocycles. The van der Waals surface area contributed by atoms with Gasteiger partial charge in [0.25, 0.3) is 0 Å². The van der Waals surface area contributed by atoms with Crippen LogP contribution in [0.25, 0.3) is 0 Å². The number of aromatic nitrogens is 2. The molecule has 7 nitrogen and oxygen atoms in total. The van der Waals surface area contributed by atoms with Gasteiger partial charge in [0.1, 0.15) is 13.1 Å². The molecule has 0 aromatic carbocycles. The molecular weight excluding hydrogens is 200 g/mol. The van der Waals surface area contributed by atoms with Crippen LogP contribution in [-0.4, -0.2) is 33.3 Å². The third kappa shape index (κ3) is 3.11. The average Bonchev–Trinajstić information content (AvgIpc) is 2.63. The third-order valence-corrected chi connectivity index (χ3v) is 1.53. The topological polar surface area (TPSA) is 108 Å². The van der Waals surface area contributed by atoms with Crippen LogP contribution < -0.4 is 5.32 Å². The lowest BCUT2D eigenvalue weighted by Crippen LogP contribution is -2.28. The van der Waals surface area contributed by atoms with Crippen LogP contribution in [0.3, 0.4) is 0 Å². The fraction of sp³-hybridized carbons (Fsp3) is 0.250. The summed E-state index contributed by atoms with van der Waals surface area (Å²) < 4.78 is 1.19. The highest BCUT2D eigenvalue weighted by Crippen LogP contribution is 1.94. The minimum atomic E-state index is -1.15. The second-order valence-corrected chi connectivity index (χ2v) is 2.64. The Bertz CT molecular complexity index is 418. The Balaban J connectivity index is 2.54. The van der Waals surface area contributed by atoms with Crippen molar-refractivity contribution >= 4 is 11.9 Å². The maximum atomic E-state index is 11.1. The average molecular weight is 208 g/mol. The lowest BCUT2D eigenvalue weighted by molar-refractivity contribution is -0.121. The van der Waals surface area contributed by atoms with E-state index in [9.17, 15) is 9.59 Å². The summed E-state index contributed by atoms with van der Waals surface area (Å²) >= 11 is 0. The Hall–Kier alpha value is -2.36. The van der Waals surface area contributed by atoms with Crippen LogP contribution in [0.4, 0.5) is 0 Å². The summed E-state index contributed by atoms with van der Waals surface area (Å²) in [6.45, 7) is -0.180. The number of carbonyl (C=O) groups excluding carboxylic acids is 1. The van der Waals surface area contributed by atoms with Gasteiger partial charge in [-0.15, -0.1) is 0 Å². The summed E-state index contributed by atoms with van der Waals surface area (Å²) in [5.74, 6) is -1.54. The van der Waals surface area contributed by atoms with Gasteiger partial charge in [-0.3, -0.25) is 9.48 Å². The van der Waals surface area contributed by atoms with Gasteiger partial charge in [-0.25, -0.2) is 4.79 Å². The molecule has 0 unspecified atom stereocenters. The van der Waals surface area contributed by atoms with E-state index < -0.39 is 11.9 Å². The summed E-state index contributed by atoms with van der Waals surface area (Å²) in [4.78, 5) is 21.5. The van der Waals surface area contributed by atoms with E-state index in [1.165, 1.54) is 16.9 Å². The van der Waals surface area contributed by atoms with E-state index in [1.54, 1.807) is 6.07 Å². The molecule has 0 atom stereocenters. The first-order valence-corrected chi connectivity index (χ1v) is 4.04. The Morgan fingerprint density at radius 3 is 2.93 bits per heavy atom. The first-order valence-electron chi connectivity index (χ1n) is 4.04. The predicted molar refractivity (Wildman–Crippen MR) is 47.8 cm³/mol. The lowest BCUT2D eigenvalue weighted by Gasteiger charge is -2.00. The number of hydrogen-bond acceptors (Lipinski definition) is 4. The highest BCUT2D eigenvalue weighted by molar-refractivity contribution is 5.85. The first-order chi connectivity index (χ1) is 7.13. The van der Waals surface area contributed by atoms with Gasteiger partial charge < -0.3 is 10.4 Å². The van der Waals surface area contributed by atoms with Gasteiger partial charge in [0, 0.05) is 6.20 Å². The molecule has 1 heterocycles. The van der Waals surface area contributed by atoms with Crippen molar-refractivity contribution in [1.82, 2.24) is 15.1 Å². The quantitative estimate of drug-likeness (QED) is 0.631. The van der Waals surface area contributed by atoms with Crippen molar-refractivity contribution in [1.29, 1.82) is 5.26 Å². The van der Waals surface area contributed by atoms with E-state index in [1.807, 2.05) is 0 Å². The van der Waals surface area contributed by atoms with Crippen LogP contribution in [0.15, 0.2) is 12.3 Å². The smallest absolute Gasteiger partial charge is 0.356 e. The molecule has 78 valence electrons. The molecule has 0 radical (unpaired) electrons. The van der Waals surface area contributed by atoms with Crippen molar-refractivity contribution in [2.75, 3.05) is 6.54 Å². The largest absolute Gasteiger partial charge is 0.476 e. The fourth-order valence-corrected chi connectivity index (χ4v) is 0.905. The summed E-state index contributed by atoms with van der Waals surface area (Å²) in [7, 11) is 0. The second kappa shape index (κ2) is 4.76. The molecule has 0 bridgehead atoms. The number of amides is 1. The molecule has 1 amide bonds. The molecule has 15 heavy (non-hydrogen) atoms. The number of carbonyl (C=O) groups is 2. The lowest BCUT2D eigenvalue weighted by atomic mass is 10.5. The van der Waals surface area contributed by atoms with Crippen molar-refractivity contribution < 1.29 is 14.7 Å². The van der Waals surface area contributed by atoms with Gasteiger partial charge in [-0.2, -0.15) is 10.4 Å². The van der Waals surface area contributed by atoms with Crippen LogP contribution >= 0.6 is 0 Å². The monoisotopic (exact) mass is 208 g/mol. The zero-order valence-electron chi connectivity index (χ0n) is 7.67. The molecule has 0 aliphatic rings. The molecule has 0 fully saturated rings. The minimum absolute atomic E-state index is 0.0775. The maximum absolute atomic E-state index is 11.1. The maximum Gasteiger partial charge on any atom is 0.356 e. The van der Waals surface area contributed by atoms with Crippen molar-refractivity contribution in [3.8, 4) is 6.07 Å². The van der Waals surface area contributed by atoms with E-state index in [4.69, 9.17) is 10.4 Å². The van der Waals surface area contributed by atoms with Crippen LogP contribution in [0.5, 0.6) is 0 Å². The molecule has 0 aliphatic heterocycles. The van der Waals surface area contributed by atoms with E-state index >= 15 is 0 Å². The van der Waals surface area contributed by atoms with Gasteiger partial charge >= 0.3 is 5.97 Å². The number of rotatable bonds is 4. The van der Waals surface area contributed by atoms with Crippen molar-refractivity contribution in [3.63, 3.8) is 0 Å². The molecule has 0 saturated heterocycles. The summed E-state index contributed by atoms with van der Waals surface area (Å²) in [5, 5.41) is 22.7. The third-order valence-electron chi connectivity index (χ3n) is 1.53. The minimum Gasteiger partial charge on any atom is -0.476 e. The normalized spacial score (nSPS) is 9.27. The summed E-state index contributed by atoms with van der Waals surface area (Å²) in [5.41, 5.74) is -0.122. The summed E-state index contributed by atoms with van der Waals surface area (Å²) in [6, 6.07) is 3.04. The summed E-state index contributed by atoms with van der Waals surface area (Å²) in [6.07, 6.45) is 1.38. The van der Waals surface area contributed by atoms with Gasteiger partial charge in [-0.05, 0) is 6.07 Å². The Kier molecular flexibility index (Phi) is 3.40. The van der Waals surface area contributed by atoms with Crippen LogP contribution in [0.1, 0.15) is 10.5 Å². The highest BCUT2D eigenvalue weighted by Gasteiger charge is 2.08. The van der Waals surface area contributed by atoms with Gasteiger partial charge in [0.15, 0.2) is 5.69 Å². The molecule has 0 aliphatic carbocycles. The molecule has 1 aromatic rings. The molecule has 0 spiro atoms. The molecule has 1 aromatic heterocycles. The Labute approximate surface area is 84.9 Å². The molecule has 1 rings (SSSR count). The number of hydrogen-bond donors (Lipinski definition) is 2. The fourth-order valence-electron chi connectivity index (χ4n) is 0.905. The predicted octanol–water partition coefficient (Wildman–Crippen LogP) is -0.779. The van der Waals surface area contributed by atoms with Crippen LogP contribution in [-0.2, 0) is 11.3 Å². The molecule has 2 N–H and O–H groups in total. The van der Waals surface area contributed by atoms with Gasteiger partial charge in [0.2, 0.25) is 5.91 Å². The number of carboxylic acids is 1. The van der Waals surface area contributed by atoms with Crippen LogP contribution in [0, 0.1) is 11.3 Å². The van der Waals surface area contributed by atoms with Crippen LogP contribution in [0.2, 0.25) is 0 Å². The van der Waals surface area contributed by atoms with E-state index in [2.05, 4.69) is 10.4 Å². The zero-order chi connectivity index (χ0) is 11.3. The van der Waals surface area contributed by atoms with Crippen molar-refractivity contribution in [2.24, 2.45) is 0 Å².